The molecule has 0 aliphatic carbocycles. The van der Waals surface area contributed by atoms with Gasteiger partial charge in [-0.05, 0) is 44.3 Å². The average Bonchev–Trinajstić information content (AvgIpc) is 2.21. The molecule has 0 saturated heterocycles. The van der Waals surface area contributed by atoms with Gasteiger partial charge in [-0.25, -0.2) is 4.79 Å². The van der Waals surface area contributed by atoms with Gasteiger partial charge in [-0.2, -0.15) is 0 Å². The van der Waals surface area contributed by atoms with Crippen LogP contribution >= 0.6 is 0 Å². The van der Waals surface area contributed by atoms with Crippen LogP contribution in [0.2, 0.25) is 0 Å². The van der Waals surface area contributed by atoms with Gasteiger partial charge in [0.1, 0.15) is 0 Å². The number of rotatable bonds is 7. The van der Waals surface area contributed by atoms with Crippen LogP contribution in [-0.4, -0.2) is 12.6 Å². The Kier molecular flexibility index (Phi) is 8.28. The van der Waals surface area contributed by atoms with Crippen LogP contribution in [0.4, 0.5) is 0 Å². The number of allylic oxidation sites excluding steroid dienone is 1. The minimum absolute atomic E-state index is 0.296. The number of carbonyl (C=O) groups excluding carboxylic acids is 1. The molecule has 0 N–H and O–H groups in total. The molecule has 0 bridgehead atoms. The first-order valence-electron chi connectivity index (χ1n) is 5.77. The monoisotopic (exact) mass is 222 g/mol. The third-order valence-electron chi connectivity index (χ3n) is 1.87. The third kappa shape index (κ3) is 9.29. The van der Waals surface area contributed by atoms with Gasteiger partial charge in [0.2, 0.25) is 0 Å². The van der Waals surface area contributed by atoms with Crippen LogP contribution in [0.15, 0.2) is 30.0 Å². The summed E-state index contributed by atoms with van der Waals surface area (Å²) in [5, 5.41) is 0. The smallest absolute Gasteiger partial charge is 0.333 e. The molecule has 16 heavy (non-hydrogen) atoms. The molecule has 2 heteroatoms. The van der Waals surface area contributed by atoms with Crippen LogP contribution in [-0.2, 0) is 9.53 Å². The van der Waals surface area contributed by atoms with E-state index in [0.29, 0.717) is 18.1 Å². The van der Waals surface area contributed by atoms with Crippen molar-refractivity contribution >= 4 is 5.97 Å². The van der Waals surface area contributed by atoms with Gasteiger partial charge in [0, 0.05) is 5.57 Å². The molecule has 2 nitrogen and oxygen atoms in total. The summed E-state index contributed by atoms with van der Waals surface area (Å²) >= 11 is 0. The predicted molar refractivity (Wildman–Crippen MR) is 67.1 cm³/mol. The van der Waals surface area contributed by atoms with Gasteiger partial charge in [0.05, 0.1) is 6.61 Å². The lowest BCUT2D eigenvalue weighted by Gasteiger charge is -2.02. The summed E-state index contributed by atoms with van der Waals surface area (Å²) in [5.74, 6) is 0.253. The highest BCUT2D eigenvalue weighted by molar-refractivity contribution is 5.86. The Bertz CT molecular complexity index is 281. The van der Waals surface area contributed by atoms with E-state index >= 15 is 0 Å². The molecule has 0 aliphatic heterocycles. The Balaban J connectivity index is 3.45. The summed E-state index contributed by atoms with van der Waals surface area (Å²) in [6.45, 7) is 9.90. The van der Waals surface area contributed by atoms with Gasteiger partial charge in [-0.1, -0.05) is 20.4 Å². The van der Waals surface area contributed by atoms with Crippen LogP contribution < -0.4 is 0 Å². The lowest BCUT2D eigenvalue weighted by molar-refractivity contribution is -0.139. The number of ether oxygens (including phenoxy) is 1. The second kappa shape index (κ2) is 8.99. The Morgan fingerprint density at radius 2 is 2.12 bits per heavy atom. The second-order valence-corrected chi connectivity index (χ2v) is 4.19. The van der Waals surface area contributed by atoms with Crippen molar-refractivity contribution in [1.29, 1.82) is 0 Å². The van der Waals surface area contributed by atoms with Crippen LogP contribution in [0.3, 0.4) is 0 Å². The van der Waals surface area contributed by atoms with Crippen LogP contribution in [0.1, 0.15) is 40.0 Å². The molecule has 0 aromatic heterocycles. The van der Waals surface area contributed by atoms with E-state index in [-0.39, 0.29) is 5.97 Å². The summed E-state index contributed by atoms with van der Waals surface area (Å²) in [5.41, 5.74) is 3.59. The molecule has 0 rings (SSSR count). The Morgan fingerprint density at radius 1 is 1.44 bits per heavy atom. The van der Waals surface area contributed by atoms with Crippen molar-refractivity contribution < 1.29 is 9.53 Å². The number of carbonyl (C=O) groups is 1. The van der Waals surface area contributed by atoms with Crippen molar-refractivity contribution in [3.8, 4) is 0 Å². The van der Waals surface area contributed by atoms with Crippen molar-refractivity contribution in [2.45, 2.75) is 40.0 Å². The normalized spacial score (nSPS) is 9.50. The molecule has 0 atom stereocenters. The van der Waals surface area contributed by atoms with E-state index in [2.05, 4.69) is 26.2 Å². The van der Waals surface area contributed by atoms with E-state index in [9.17, 15) is 4.79 Å². The first kappa shape index (κ1) is 14.7. The van der Waals surface area contributed by atoms with Crippen LogP contribution in [0, 0.1) is 5.92 Å². The maximum atomic E-state index is 11.0. The SMILES string of the molecule is C=C(C)C(=O)OCCCCC=C=CC(C)C. The molecule has 0 heterocycles. The molecule has 90 valence electrons. The minimum atomic E-state index is -0.296. The molecule has 0 aromatic rings. The van der Waals surface area contributed by atoms with Crippen LogP contribution in [0.25, 0.3) is 0 Å². The molecule has 0 aromatic carbocycles. The van der Waals surface area contributed by atoms with Crippen molar-refractivity contribution in [2.75, 3.05) is 6.61 Å². The molecule has 0 amide bonds. The fourth-order valence-corrected chi connectivity index (χ4v) is 0.980. The second-order valence-electron chi connectivity index (χ2n) is 4.19. The van der Waals surface area contributed by atoms with E-state index in [1.807, 2.05) is 12.2 Å². The maximum Gasteiger partial charge on any atom is 0.333 e. The topological polar surface area (TPSA) is 26.3 Å². The van der Waals surface area contributed by atoms with Crippen molar-refractivity contribution in [2.24, 2.45) is 5.92 Å². The quantitative estimate of drug-likeness (QED) is 0.284. The standard InChI is InChI=1S/C14H22O2/c1-12(2)10-8-6-5-7-9-11-16-14(15)13(3)4/h6,10,12H,3,5,7,9,11H2,1-2,4H3. The summed E-state index contributed by atoms with van der Waals surface area (Å²) < 4.78 is 4.97. The Hall–Kier alpha value is -1.27. The maximum absolute atomic E-state index is 11.0. The summed E-state index contributed by atoms with van der Waals surface area (Å²) in [4.78, 5) is 11.0. The van der Waals surface area contributed by atoms with E-state index in [1.165, 1.54) is 0 Å². The highest BCUT2D eigenvalue weighted by atomic mass is 16.5. The fraction of sp³-hybridized carbons (Fsp3) is 0.571. The zero-order valence-corrected chi connectivity index (χ0v) is 10.6. The fourth-order valence-electron chi connectivity index (χ4n) is 0.980. The molecule has 0 saturated carbocycles. The Labute approximate surface area is 98.7 Å². The number of unbranched alkanes of at least 4 members (excludes halogenated alkanes) is 2. The van der Waals surface area contributed by atoms with E-state index in [1.54, 1.807) is 6.92 Å². The first-order valence-corrected chi connectivity index (χ1v) is 5.77. The van der Waals surface area contributed by atoms with Gasteiger partial charge in [0.25, 0.3) is 0 Å². The van der Waals surface area contributed by atoms with Crippen molar-refractivity contribution in [3.05, 3.63) is 30.0 Å². The van der Waals surface area contributed by atoms with Gasteiger partial charge < -0.3 is 4.74 Å². The highest BCUT2D eigenvalue weighted by Crippen LogP contribution is 1.99. The van der Waals surface area contributed by atoms with E-state index < -0.39 is 0 Å². The molecule has 0 fully saturated rings. The number of esters is 1. The third-order valence-corrected chi connectivity index (χ3v) is 1.87. The summed E-state index contributed by atoms with van der Waals surface area (Å²) in [6.07, 6.45) is 6.96. The summed E-state index contributed by atoms with van der Waals surface area (Å²) in [7, 11) is 0. The first-order chi connectivity index (χ1) is 7.54. The van der Waals surface area contributed by atoms with Gasteiger partial charge in [0.15, 0.2) is 0 Å². The van der Waals surface area contributed by atoms with E-state index in [0.717, 1.165) is 19.3 Å². The molecule has 0 aliphatic rings. The lowest BCUT2D eigenvalue weighted by atomic mass is 10.2. The molecular formula is C14H22O2. The number of hydrogen-bond acceptors (Lipinski definition) is 2. The number of hydrogen-bond donors (Lipinski definition) is 0. The van der Waals surface area contributed by atoms with Crippen molar-refractivity contribution in [1.82, 2.24) is 0 Å². The highest BCUT2D eigenvalue weighted by Gasteiger charge is 2.00. The largest absolute Gasteiger partial charge is 0.462 e. The van der Waals surface area contributed by atoms with Crippen LogP contribution in [0.5, 0.6) is 0 Å². The summed E-state index contributed by atoms with van der Waals surface area (Å²) in [6, 6.07) is 0. The van der Waals surface area contributed by atoms with Gasteiger partial charge in [-0.3, -0.25) is 0 Å². The van der Waals surface area contributed by atoms with Crippen molar-refractivity contribution in [3.63, 3.8) is 0 Å². The molecule has 0 radical (unpaired) electrons. The zero-order chi connectivity index (χ0) is 12.4. The van der Waals surface area contributed by atoms with E-state index in [4.69, 9.17) is 4.74 Å². The van der Waals surface area contributed by atoms with Gasteiger partial charge >= 0.3 is 5.97 Å². The predicted octanol–water partition coefficient (Wildman–Crippen LogP) is 3.64. The average molecular weight is 222 g/mol. The molecular weight excluding hydrogens is 200 g/mol. The Morgan fingerprint density at radius 3 is 2.69 bits per heavy atom. The minimum Gasteiger partial charge on any atom is -0.462 e. The molecule has 0 spiro atoms. The van der Waals surface area contributed by atoms with Gasteiger partial charge in [-0.15, -0.1) is 5.73 Å². The zero-order valence-electron chi connectivity index (χ0n) is 10.6. The lowest BCUT2D eigenvalue weighted by Crippen LogP contribution is -2.05. The molecule has 0 unspecified atom stereocenters.